The first-order valence-corrected chi connectivity index (χ1v) is 9.72. The van der Waals surface area contributed by atoms with Crippen molar-refractivity contribution in [2.45, 2.75) is 70.6 Å². The number of piperidine rings is 1. The first kappa shape index (κ1) is 18.4. The number of rotatable bonds is 6. The van der Waals surface area contributed by atoms with E-state index >= 15 is 0 Å². The molecule has 140 valence electrons. The van der Waals surface area contributed by atoms with Crippen LogP contribution in [0, 0.1) is 0 Å². The van der Waals surface area contributed by atoms with E-state index in [9.17, 15) is 4.79 Å². The summed E-state index contributed by atoms with van der Waals surface area (Å²) in [6.07, 6.45) is 10.0. The molecule has 0 N–H and O–H groups in total. The molecule has 0 spiro atoms. The zero-order chi connectivity index (χ0) is 17.6. The van der Waals surface area contributed by atoms with Crippen molar-refractivity contribution in [3.05, 3.63) is 18.2 Å². The van der Waals surface area contributed by atoms with E-state index in [-0.39, 0.29) is 12.0 Å². The van der Waals surface area contributed by atoms with E-state index in [1.807, 2.05) is 24.2 Å². The molecular weight excluding hydrogens is 318 g/mol. The molecule has 0 bridgehead atoms. The fourth-order valence-electron chi connectivity index (χ4n) is 3.85. The van der Waals surface area contributed by atoms with Gasteiger partial charge < -0.3 is 18.9 Å². The van der Waals surface area contributed by atoms with Gasteiger partial charge >= 0.3 is 0 Å². The van der Waals surface area contributed by atoms with Crippen LogP contribution < -0.4 is 0 Å². The fourth-order valence-corrected chi connectivity index (χ4v) is 3.85. The highest BCUT2D eigenvalue weighted by Crippen LogP contribution is 2.24. The molecule has 3 rings (SSSR count). The topological polar surface area (TPSA) is 56.6 Å². The van der Waals surface area contributed by atoms with Crippen molar-refractivity contribution in [2.75, 3.05) is 26.3 Å². The van der Waals surface area contributed by atoms with Crippen LogP contribution in [-0.4, -0.2) is 58.9 Å². The second-order valence-electron chi connectivity index (χ2n) is 7.15. The highest BCUT2D eigenvalue weighted by molar-refractivity contribution is 5.80. The van der Waals surface area contributed by atoms with Gasteiger partial charge in [0.1, 0.15) is 11.9 Å². The Balaban J connectivity index is 1.52. The molecule has 2 fully saturated rings. The molecule has 3 heterocycles. The Morgan fingerprint density at radius 2 is 2.28 bits per heavy atom. The molecule has 0 aliphatic carbocycles. The second-order valence-corrected chi connectivity index (χ2v) is 7.15. The van der Waals surface area contributed by atoms with E-state index in [4.69, 9.17) is 9.47 Å². The van der Waals surface area contributed by atoms with Gasteiger partial charge in [0.2, 0.25) is 0 Å². The van der Waals surface area contributed by atoms with E-state index in [1.54, 1.807) is 0 Å². The number of nitrogens with zero attached hydrogens (tertiary/aromatic N) is 3. The Kier molecular flexibility index (Phi) is 6.48. The smallest absolute Gasteiger partial charge is 0.251 e. The molecule has 0 saturated carbocycles. The predicted octanol–water partition coefficient (Wildman–Crippen LogP) is 2.58. The summed E-state index contributed by atoms with van der Waals surface area (Å²) in [4.78, 5) is 19.2. The molecular formula is C19H31N3O3. The van der Waals surface area contributed by atoms with Gasteiger partial charge in [0.25, 0.3) is 5.91 Å². The number of hydrogen-bond donors (Lipinski definition) is 0. The Bertz CT molecular complexity index is 554. The number of carbonyl (C=O) groups excluding carboxylic acids is 1. The van der Waals surface area contributed by atoms with Crippen LogP contribution in [0.15, 0.2) is 12.4 Å². The van der Waals surface area contributed by atoms with E-state index in [0.717, 1.165) is 57.6 Å². The van der Waals surface area contributed by atoms with Crippen molar-refractivity contribution < 1.29 is 14.3 Å². The maximum absolute atomic E-state index is 12.8. The standard InChI is InChI=1S/C19H31N3O3/c1-3-18-20-9-11-22(18)16-7-6-10-21(13-16)19(23)15(2)25-14-17-8-4-5-12-24-17/h9,11,15-17H,3-8,10,12-14H2,1-2H3. The van der Waals surface area contributed by atoms with Crippen LogP contribution in [0.3, 0.4) is 0 Å². The molecule has 2 aliphatic rings. The molecule has 2 saturated heterocycles. The minimum Gasteiger partial charge on any atom is -0.376 e. The van der Waals surface area contributed by atoms with E-state index in [2.05, 4.69) is 16.5 Å². The molecule has 1 amide bonds. The van der Waals surface area contributed by atoms with Gasteiger partial charge in [-0.25, -0.2) is 4.98 Å². The Morgan fingerprint density at radius 3 is 3.04 bits per heavy atom. The van der Waals surface area contributed by atoms with Crippen LogP contribution in [0.25, 0.3) is 0 Å². The van der Waals surface area contributed by atoms with Gasteiger partial charge in [0, 0.05) is 38.5 Å². The van der Waals surface area contributed by atoms with Crippen LogP contribution in [0.4, 0.5) is 0 Å². The van der Waals surface area contributed by atoms with E-state index in [0.29, 0.717) is 12.6 Å². The van der Waals surface area contributed by atoms with Gasteiger partial charge in [-0.05, 0) is 39.0 Å². The molecule has 25 heavy (non-hydrogen) atoms. The molecule has 0 radical (unpaired) electrons. The maximum atomic E-state index is 12.8. The molecule has 2 aliphatic heterocycles. The predicted molar refractivity (Wildman–Crippen MR) is 95.5 cm³/mol. The minimum atomic E-state index is -0.405. The van der Waals surface area contributed by atoms with Gasteiger partial charge in [0.15, 0.2) is 0 Å². The summed E-state index contributed by atoms with van der Waals surface area (Å²) in [5.74, 6) is 1.19. The van der Waals surface area contributed by atoms with Gasteiger partial charge in [0.05, 0.1) is 18.8 Å². The second kappa shape index (κ2) is 8.81. The molecule has 6 nitrogen and oxygen atoms in total. The summed E-state index contributed by atoms with van der Waals surface area (Å²) in [6, 6.07) is 0.323. The molecule has 1 aromatic rings. The Hall–Kier alpha value is -1.40. The number of imidazole rings is 1. The molecule has 3 unspecified atom stereocenters. The van der Waals surface area contributed by atoms with Crippen LogP contribution in [-0.2, 0) is 20.7 Å². The molecule has 3 atom stereocenters. The van der Waals surface area contributed by atoms with Crippen molar-refractivity contribution in [3.8, 4) is 0 Å². The quantitative estimate of drug-likeness (QED) is 0.792. The number of likely N-dealkylation sites (tertiary alicyclic amines) is 1. The summed E-state index contributed by atoms with van der Waals surface area (Å²) >= 11 is 0. The lowest BCUT2D eigenvalue weighted by Crippen LogP contribution is -2.46. The van der Waals surface area contributed by atoms with Crippen molar-refractivity contribution in [3.63, 3.8) is 0 Å². The third-order valence-corrected chi connectivity index (χ3v) is 5.32. The number of aromatic nitrogens is 2. The van der Waals surface area contributed by atoms with Gasteiger partial charge in [-0.15, -0.1) is 0 Å². The normalized spacial score (nSPS) is 25.8. The monoisotopic (exact) mass is 349 g/mol. The van der Waals surface area contributed by atoms with Crippen LogP contribution >= 0.6 is 0 Å². The third kappa shape index (κ3) is 4.61. The summed E-state index contributed by atoms with van der Waals surface area (Å²) in [5.41, 5.74) is 0. The lowest BCUT2D eigenvalue weighted by atomic mass is 10.0. The van der Waals surface area contributed by atoms with E-state index < -0.39 is 6.10 Å². The number of ether oxygens (including phenoxy) is 2. The van der Waals surface area contributed by atoms with Crippen molar-refractivity contribution >= 4 is 5.91 Å². The summed E-state index contributed by atoms with van der Waals surface area (Å²) in [5, 5.41) is 0. The van der Waals surface area contributed by atoms with Crippen molar-refractivity contribution in [1.29, 1.82) is 0 Å². The number of amides is 1. The van der Waals surface area contributed by atoms with Gasteiger partial charge in [-0.1, -0.05) is 6.92 Å². The molecule has 6 heteroatoms. The van der Waals surface area contributed by atoms with Crippen LogP contribution in [0.5, 0.6) is 0 Å². The van der Waals surface area contributed by atoms with Crippen molar-refractivity contribution in [2.24, 2.45) is 0 Å². The summed E-state index contributed by atoms with van der Waals surface area (Å²) in [6.45, 7) is 6.88. The van der Waals surface area contributed by atoms with Crippen LogP contribution in [0.2, 0.25) is 0 Å². The largest absolute Gasteiger partial charge is 0.376 e. The highest BCUT2D eigenvalue weighted by Gasteiger charge is 2.29. The Morgan fingerprint density at radius 1 is 1.40 bits per heavy atom. The number of aryl methyl sites for hydroxylation is 1. The van der Waals surface area contributed by atoms with Gasteiger partial charge in [-0.2, -0.15) is 0 Å². The maximum Gasteiger partial charge on any atom is 0.251 e. The van der Waals surface area contributed by atoms with Gasteiger partial charge in [-0.3, -0.25) is 4.79 Å². The van der Waals surface area contributed by atoms with Crippen molar-refractivity contribution in [1.82, 2.24) is 14.5 Å². The number of hydrogen-bond acceptors (Lipinski definition) is 4. The number of carbonyl (C=O) groups is 1. The third-order valence-electron chi connectivity index (χ3n) is 5.32. The van der Waals surface area contributed by atoms with E-state index in [1.165, 1.54) is 6.42 Å². The summed E-state index contributed by atoms with van der Waals surface area (Å²) in [7, 11) is 0. The molecule has 0 aromatic carbocycles. The van der Waals surface area contributed by atoms with Crippen LogP contribution in [0.1, 0.15) is 57.8 Å². The molecule has 1 aromatic heterocycles. The Labute approximate surface area is 150 Å². The lowest BCUT2D eigenvalue weighted by Gasteiger charge is -2.35. The average Bonchev–Trinajstić information content (AvgIpc) is 3.15. The average molecular weight is 349 g/mol. The zero-order valence-corrected chi connectivity index (χ0v) is 15.5. The highest BCUT2D eigenvalue weighted by atomic mass is 16.5. The summed E-state index contributed by atoms with van der Waals surface area (Å²) < 4.78 is 13.8. The SMILES string of the molecule is CCc1nccn1C1CCCN(C(=O)C(C)OCC2CCCCO2)C1. The fraction of sp³-hybridized carbons (Fsp3) is 0.789. The lowest BCUT2D eigenvalue weighted by molar-refractivity contribution is -0.147. The first-order chi connectivity index (χ1) is 12.2. The minimum absolute atomic E-state index is 0.0960. The first-order valence-electron chi connectivity index (χ1n) is 9.72. The zero-order valence-electron chi connectivity index (χ0n) is 15.5.